The number of hydrogen-bond donors (Lipinski definition) is 1. The first-order chi connectivity index (χ1) is 13.6. The van der Waals surface area contributed by atoms with Gasteiger partial charge in [0, 0.05) is 12.5 Å². The Kier molecular flexibility index (Phi) is 7.01. The first kappa shape index (κ1) is 20.3. The summed E-state index contributed by atoms with van der Waals surface area (Å²) in [5.41, 5.74) is 3.54. The maximum absolute atomic E-state index is 12.6. The van der Waals surface area contributed by atoms with Crippen molar-refractivity contribution in [2.45, 2.75) is 37.0 Å². The van der Waals surface area contributed by atoms with Crippen LogP contribution in [0.2, 0.25) is 0 Å². The molecule has 0 bridgehead atoms. The van der Waals surface area contributed by atoms with Crippen LogP contribution in [-0.2, 0) is 16.4 Å². The summed E-state index contributed by atoms with van der Waals surface area (Å²) >= 11 is 0. The smallest absolute Gasteiger partial charge is 0.211 e. The molecule has 0 spiro atoms. The minimum Gasteiger partial charge on any atom is -0.211 e. The number of rotatable bonds is 9. The van der Waals surface area contributed by atoms with Crippen LogP contribution >= 0.6 is 0 Å². The van der Waals surface area contributed by atoms with Gasteiger partial charge in [-0.1, -0.05) is 86.1 Å². The van der Waals surface area contributed by atoms with E-state index in [1.807, 2.05) is 48.5 Å². The molecule has 0 aliphatic carbocycles. The maximum Gasteiger partial charge on any atom is 0.240 e. The highest BCUT2D eigenvalue weighted by Crippen LogP contribution is 2.27. The molecule has 3 rings (SSSR count). The standard InChI is InChI=1S/C24H27NO2S/c1-2-9-20-14-16-23(17-15-20)28(26,27)25-19-18-24(21-10-5-3-6-11-21)22-12-7-4-8-13-22/h3-8,10-17,24-25H,2,9,18-19H2,1H3. The molecular formula is C24H27NO2S. The summed E-state index contributed by atoms with van der Waals surface area (Å²) < 4.78 is 28.1. The van der Waals surface area contributed by atoms with Crippen LogP contribution < -0.4 is 4.72 Å². The third-order valence-electron chi connectivity index (χ3n) is 4.90. The molecule has 0 aliphatic heterocycles. The zero-order valence-corrected chi connectivity index (χ0v) is 17.0. The average Bonchev–Trinajstić information content (AvgIpc) is 2.73. The molecule has 0 fully saturated rings. The lowest BCUT2D eigenvalue weighted by Gasteiger charge is -2.18. The fourth-order valence-electron chi connectivity index (χ4n) is 3.44. The van der Waals surface area contributed by atoms with E-state index < -0.39 is 10.0 Å². The van der Waals surface area contributed by atoms with Crippen molar-refractivity contribution in [2.75, 3.05) is 6.54 Å². The van der Waals surface area contributed by atoms with E-state index in [1.165, 1.54) is 11.1 Å². The minimum atomic E-state index is -3.50. The van der Waals surface area contributed by atoms with Crippen LogP contribution in [-0.4, -0.2) is 15.0 Å². The van der Waals surface area contributed by atoms with Gasteiger partial charge in [0.25, 0.3) is 0 Å². The van der Waals surface area contributed by atoms with Crippen LogP contribution in [0.15, 0.2) is 89.8 Å². The average molecular weight is 394 g/mol. The van der Waals surface area contributed by atoms with Gasteiger partial charge in [-0.2, -0.15) is 0 Å². The summed E-state index contributed by atoms with van der Waals surface area (Å²) in [6, 6.07) is 27.6. The second kappa shape index (κ2) is 9.67. The van der Waals surface area contributed by atoms with Gasteiger partial charge in [-0.05, 0) is 41.7 Å². The van der Waals surface area contributed by atoms with Gasteiger partial charge in [0.2, 0.25) is 10.0 Å². The van der Waals surface area contributed by atoms with E-state index in [4.69, 9.17) is 0 Å². The topological polar surface area (TPSA) is 46.2 Å². The van der Waals surface area contributed by atoms with Crippen LogP contribution in [0.1, 0.15) is 42.4 Å². The number of sulfonamides is 1. The molecule has 0 aromatic heterocycles. The van der Waals surface area contributed by atoms with Crippen molar-refractivity contribution < 1.29 is 8.42 Å². The number of aryl methyl sites for hydroxylation is 1. The van der Waals surface area contributed by atoms with Gasteiger partial charge in [-0.15, -0.1) is 0 Å². The third kappa shape index (κ3) is 5.31. The summed E-state index contributed by atoms with van der Waals surface area (Å²) in [7, 11) is -3.50. The quantitative estimate of drug-likeness (QED) is 0.547. The molecule has 146 valence electrons. The molecule has 1 N–H and O–H groups in total. The van der Waals surface area contributed by atoms with E-state index in [1.54, 1.807) is 12.1 Å². The van der Waals surface area contributed by atoms with Crippen molar-refractivity contribution in [3.63, 3.8) is 0 Å². The Balaban J connectivity index is 1.70. The van der Waals surface area contributed by atoms with Gasteiger partial charge in [0.05, 0.1) is 4.90 Å². The third-order valence-corrected chi connectivity index (χ3v) is 6.38. The first-order valence-electron chi connectivity index (χ1n) is 9.78. The van der Waals surface area contributed by atoms with Gasteiger partial charge in [0.1, 0.15) is 0 Å². The van der Waals surface area contributed by atoms with E-state index in [0.717, 1.165) is 18.4 Å². The zero-order valence-electron chi connectivity index (χ0n) is 16.2. The number of benzene rings is 3. The Morgan fingerprint density at radius 1 is 0.786 bits per heavy atom. The SMILES string of the molecule is CCCc1ccc(S(=O)(=O)NCCC(c2ccccc2)c2ccccc2)cc1. The second-order valence-electron chi connectivity index (χ2n) is 6.95. The molecule has 0 unspecified atom stereocenters. The fraction of sp³-hybridized carbons (Fsp3) is 0.250. The van der Waals surface area contributed by atoms with Gasteiger partial charge in [0.15, 0.2) is 0 Å². The number of nitrogens with one attached hydrogen (secondary N) is 1. The van der Waals surface area contributed by atoms with Crippen LogP contribution in [0.3, 0.4) is 0 Å². The second-order valence-corrected chi connectivity index (χ2v) is 8.72. The van der Waals surface area contributed by atoms with E-state index in [2.05, 4.69) is 35.9 Å². The van der Waals surface area contributed by atoms with Gasteiger partial charge in [-0.25, -0.2) is 13.1 Å². The van der Waals surface area contributed by atoms with Crippen molar-refractivity contribution in [2.24, 2.45) is 0 Å². The number of hydrogen-bond acceptors (Lipinski definition) is 2. The molecule has 0 atom stereocenters. The molecule has 3 aromatic carbocycles. The van der Waals surface area contributed by atoms with Crippen molar-refractivity contribution in [3.8, 4) is 0 Å². The molecule has 28 heavy (non-hydrogen) atoms. The minimum absolute atomic E-state index is 0.150. The highest BCUT2D eigenvalue weighted by molar-refractivity contribution is 7.89. The first-order valence-corrected chi connectivity index (χ1v) is 11.3. The van der Waals surface area contributed by atoms with Crippen molar-refractivity contribution >= 4 is 10.0 Å². The van der Waals surface area contributed by atoms with Gasteiger partial charge < -0.3 is 0 Å². The summed E-state index contributed by atoms with van der Waals surface area (Å²) in [4.78, 5) is 0.323. The predicted molar refractivity (Wildman–Crippen MR) is 115 cm³/mol. The lowest BCUT2D eigenvalue weighted by molar-refractivity contribution is 0.575. The monoisotopic (exact) mass is 393 g/mol. The van der Waals surface area contributed by atoms with Crippen LogP contribution in [0, 0.1) is 0 Å². The molecule has 4 heteroatoms. The van der Waals surface area contributed by atoms with Gasteiger partial charge >= 0.3 is 0 Å². The van der Waals surface area contributed by atoms with Crippen LogP contribution in [0.25, 0.3) is 0 Å². The van der Waals surface area contributed by atoms with Crippen molar-refractivity contribution in [1.29, 1.82) is 0 Å². The Morgan fingerprint density at radius 3 is 1.82 bits per heavy atom. The Bertz CT molecular complexity index is 913. The molecule has 0 aliphatic rings. The molecular weight excluding hydrogens is 366 g/mol. The Hall–Kier alpha value is -2.43. The lowest BCUT2D eigenvalue weighted by atomic mass is 9.89. The lowest BCUT2D eigenvalue weighted by Crippen LogP contribution is -2.26. The normalized spacial score (nSPS) is 11.6. The molecule has 0 radical (unpaired) electrons. The summed E-state index contributed by atoms with van der Waals surface area (Å²) in [5.74, 6) is 0.150. The molecule has 3 aromatic rings. The Labute approximate surface area is 168 Å². The van der Waals surface area contributed by atoms with Crippen molar-refractivity contribution in [1.82, 2.24) is 4.72 Å². The Morgan fingerprint density at radius 2 is 1.32 bits per heavy atom. The summed E-state index contributed by atoms with van der Waals surface area (Å²) in [5, 5.41) is 0. The largest absolute Gasteiger partial charge is 0.240 e. The van der Waals surface area contributed by atoms with E-state index in [0.29, 0.717) is 17.9 Å². The van der Waals surface area contributed by atoms with E-state index in [-0.39, 0.29) is 5.92 Å². The highest BCUT2D eigenvalue weighted by Gasteiger charge is 2.17. The van der Waals surface area contributed by atoms with Crippen LogP contribution in [0.5, 0.6) is 0 Å². The molecule has 0 saturated heterocycles. The van der Waals surface area contributed by atoms with E-state index in [9.17, 15) is 8.42 Å². The maximum atomic E-state index is 12.6. The highest BCUT2D eigenvalue weighted by atomic mass is 32.2. The molecule has 0 heterocycles. The van der Waals surface area contributed by atoms with Crippen LogP contribution in [0.4, 0.5) is 0 Å². The summed E-state index contributed by atoms with van der Waals surface area (Å²) in [6.07, 6.45) is 2.70. The molecule has 3 nitrogen and oxygen atoms in total. The summed E-state index contributed by atoms with van der Waals surface area (Å²) in [6.45, 7) is 2.50. The molecule has 0 saturated carbocycles. The molecule has 0 amide bonds. The zero-order chi connectivity index (χ0) is 19.8. The van der Waals surface area contributed by atoms with Gasteiger partial charge in [-0.3, -0.25) is 0 Å². The van der Waals surface area contributed by atoms with Crippen molar-refractivity contribution in [3.05, 3.63) is 102 Å². The fourth-order valence-corrected chi connectivity index (χ4v) is 4.49. The predicted octanol–water partition coefficient (Wildman–Crippen LogP) is 5.14. The van der Waals surface area contributed by atoms with E-state index >= 15 is 0 Å².